The van der Waals surface area contributed by atoms with Gasteiger partial charge >= 0.3 is 0 Å². The van der Waals surface area contributed by atoms with E-state index in [0.29, 0.717) is 5.56 Å². The Labute approximate surface area is 121 Å². The minimum atomic E-state index is -0.0224. The fraction of sp³-hybridized carbons (Fsp3) is 0.500. The van der Waals surface area contributed by atoms with Crippen LogP contribution in [-0.2, 0) is 10.8 Å². The molecule has 108 valence electrons. The van der Waals surface area contributed by atoms with E-state index in [1.165, 1.54) is 5.56 Å². The Hall–Kier alpha value is -1.57. The average molecular weight is 272 g/mol. The first-order valence-electron chi connectivity index (χ1n) is 7.09. The van der Waals surface area contributed by atoms with Gasteiger partial charge in [-0.1, -0.05) is 47.6 Å². The number of furan rings is 1. The fourth-order valence-electron chi connectivity index (χ4n) is 2.40. The minimum absolute atomic E-state index is 0.0224. The summed E-state index contributed by atoms with van der Waals surface area (Å²) in [5.41, 5.74) is 3.93. The standard InChI is InChI=1S/C18H24O2/c1-11(19)14-10-20-16-13(14)8-12(17(2,3)4)9-15(16)18(5,6)7/h8-10H,1-7H3. The molecule has 1 heterocycles. The van der Waals surface area contributed by atoms with Crippen molar-refractivity contribution in [3.05, 3.63) is 35.1 Å². The van der Waals surface area contributed by atoms with E-state index >= 15 is 0 Å². The largest absolute Gasteiger partial charge is 0.463 e. The van der Waals surface area contributed by atoms with Crippen molar-refractivity contribution >= 4 is 16.8 Å². The van der Waals surface area contributed by atoms with Crippen molar-refractivity contribution in [2.75, 3.05) is 0 Å². The van der Waals surface area contributed by atoms with Crippen molar-refractivity contribution in [2.45, 2.75) is 59.3 Å². The second-order valence-corrected chi connectivity index (χ2v) is 7.61. The third kappa shape index (κ3) is 2.52. The highest BCUT2D eigenvalue weighted by Gasteiger charge is 2.25. The number of hydrogen-bond acceptors (Lipinski definition) is 2. The van der Waals surface area contributed by atoms with Crippen molar-refractivity contribution in [1.29, 1.82) is 0 Å². The molecule has 0 atom stereocenters. The molecule has 2 rings (SSSR count). The van der Waals surface area contributed by atoms with Crippen molar-refractivity contribution in [2.24, 2.45) is 0 Å². The first kappa shape index (κ1) is 14.8. The summed E-state index contributed by atoms with van der Waals surface area (Å²) in [5.74, 6) is 0.0506. The Morgan fingerprint density at radius 2 is 1.60 bits per heavy atom. The molecule has 0 aliphatic carbocycles. The number of benzene rings is 1. The van der Waals surface area contributed by atoms with Gasteiger partial charge in [-0.15, -0.1) is 0 Å². The Morgan fingerprint density at radius 3 is 2.05 bits per heavy atom. The van der Waals surface area contributed by atoms with E-state index in [1.807, 2.05) is 0 Å². The van der Waals surface area contributed by atoms with E-state index in [-0.39, 0.29) is 16.6 Å². The SMILES string of the molecule is CC(=O)c1coc2c(C(C)(C)C)cc(C(C)(C)C)cc12. The minimum Gasteiger partial charge on any atom is -0.463 e. The first-order valence-corrected chi connectivity index (χ1v) is 7.09. The van der Waals surface area contributed by atoms with Crippen LogP contribution in [0.2, 0.25) is 0 Å². The Balaban J connectivity index is 2.88. The number of carbonyl (C=O) groups is 1. The highest BCUT2D eigenvalue weighted by atomic mass is 16.3. The van der Waals surface area contributed by atoms with Crippen LogP contribution in [0.15, 0.2) is 22.8 Å². The van der Waals surface area contributed by atoms with Gasteiger partial charge in [-0.25, -0.2) is 0 Å². The summed E-state index contributed by atoms with van der Waals surface area (Å²) < 4.78 is 5.71. The van der Waals surface area contributed by atoms with Crippen LogP contribution in [-0.4, -0.2) is 5.78 Å². The molecule has 0 aliphatic heterocycles. The normalized spacial score (nSPS) is 12.9. The fourth-order valence-corrected chi connectivity index (χ4v) is 2.40. The van der Waals surface area contributed by atoms with Crippen molar-refractivity contribution in [3.8, 4) is 0 Å². The molecular weight excluding hydrogens is 248 g/mol. The molecule has 2 nitrogen and oxygen atoms in total. The second-order valence-electron chi connectivity index (χ2n) is 7.61. The Morgan fingerprint density at radius 1 is 1.00 bits per heavy atom. The quantitative estimate of drug-likeness (QED) is 0.665. The van der Waals surface area contributed by atoms with Gasteiger partial charge in [-0.05, 0) is 29.4 Å². The molecule has 0 bridgehead atoms. The number of Topliss-reactive ketones (excluding diaryl/α,β-unsaturated/α-hetero) is 1. The van der Waals surface area contributed by atoms with Crippen LogP contribution >= 0.6 is 0 Å². The van der Waals surface area contributed by atoms with E-state index < -0.39 is 0 Å². The van der Waals surface area contributed by atoms with Crippen LogP contribution < -0.4 is 0 Å². The predicted molar refractivity (Wildman–Crippen MR) is 83.6 cm³/mol. The third-order valence-electron chi connectivity index (χ3n) is 3.73. The monoisotopic (exact) mass is 272 g/mol. The van der Waals surface area contributed by atoms with Crippen LogP contribution in [0.4, 0.5) is 0 Å². The molecule has 0 spiro atoms. The zero-order chi connectivity index (χ0) is 15.3. The molecule has 0 fully saturated rings. The highest BCUT2D eigenvalue weighted by Crippen LogP contribution is 2.37. The Bertz CT molecular complexity index is 661. The number of fused-ring (bicyclic) bond motifs is 1. The van der Waals surface area contributed by atoms with Crippen LogP contribution in [0.3, 0.4) is 0 Å². The maximum Gasteiger partial charge on any atom is 0.163 e. The van der Waals surface area contributed by atoms with Gasteiger partial charge in [-0.3, -0.25) is 4.79 Å². The van der Waals surface area contributed by atoms with Crippen LogP contribution in [0, 0.1) is 0 Å². The van der Waals surface area contributed by atoms with E-state index in [4.69, 9.17) is 4.42 Å². The summed E-state index contributed by atoms with van der Waals surface area (Å²) in [7, 11) is 0. The molecule has 0 saturated carbocycles. The predicted octanol–water partition coefficient (Wildman–Crippen LogP) is 5.23. The first-order chi connectivity index (χ1) is 9.01. The molecule has 20 heavy (non-hydrogen) atoms. The van der Waals surface area contributed by atoms with E-state index in [1.54, 1.807) is 13.2 Å². The lowest BCUT2D eigenvalue weighted by Gasteiger charge is -2.25. The summed E-state index contributed by atoms with van der Waals surface area (Å²) in [5, 5.41) is 0.940. The lowest BCUT2D eigenvalue weighted by molar-refractivity contribution is 0.101. The van der Waals surface area contributed by atoms with Gasteiger partial charge in [0.15, 0.2) is 5.78 Å². The van der Waals surface area contributed by atoms with Gasteiger partial charge in [0.25, 0.3) is 0 Å². The molecule has 0 radical (unpaired) electrons. The lowest BCUT2D eigenvalue weighted by atomic mass is 9.79. The molecule has 1 aromatic heterocycles. The molecule has 2 aromatic rings. The summed E-state index contributed by atoms with van der Waals surface area (Å²) in [4.78, 5) is 11.8. The van der Waals surface area contributed by atoms with Crippen LogP contribution in [0.25, 0.3) is 11.0 Å². The molecule has 1 aromatic carbocycles. The average Bonchev–Trinajstić information content (AvgIpc) is 2.68. The number of rotatable bonds is 1. The van der Waals surface area contributed by atoms with E-state index in [9.17, 15) is 4.79 Å². The van der Waals surface area contributed by atoms with Gasteiger partial charge in [-0.2, -0.15) is 0 Å². The molecule has 0 saturated heterocycles. The van der Waals surface area contributed by atoms with E-state index in [2.05, 4.69) is 53.7 Å². The number of carbonyl (C=O) groups excluding carboxylic acids is 1. The summed E-state index contributed by atoms with van der Waals surface area (Å²) in [6.07, 6.45) is 1.59. The summed E-state index contributed by atoms with van der Waals surface area (Å²) in [6, 6.07) is 4.32. The summed E-state index contributed by atoms with van der Waals surface area (Å²) in [6.45, 7) is 14.7. The van der Waals surface area contributed by atoms with Gasteiger partial charge < -0.3 is 4.42 Å². The van der Waals surface area contributed by atoms with Gasteiger partial charge in [0.05, 0.1) is 5.56 Å². The van der Waals surface area contributed by atoms with Gasteiger partial charge in [0, 0.05) is 10.9 Å². The number of hydrogen-bond donors (Lipinski definition) is 0. The molecule has 0 N–H and O–H groups in total. The van der Waals surface area contributed by atoms with Crippen LogP contribution in [0.1, 0.15) is 70.0 Å². The van der Waals surface area contributed by atoms with Gasteiger partial charge in [0.2, 0.25) is 0 Å². The molecule has 0 aliphatic rings. The van der Waals surface area contributed by atoms with Crippen molar-refractivity contribution in [3.63, 3.8) is 0 Å². The molecule has 0 amide bonds. The number of ketones is 1. The molecule has 2 heteroatoms. The van der Waals surface area contributed by atoms with Crippen molar-refractivity contribution in [1.82, 2.24) is 0 Å². The zero-order valence-electron chi connectivity index (χ0n) is 13.5. The van der Waals surface area contributed by atoms with Gasteiger partial charge in [0.1, 0.15) is 11.8 Å². The topological polar surface area (TPSA) is 30.2 Å². The van der Waals surface area contributed by atoms with Crippen LogP contribution in [0.5, 0.6) is 0 Å². The smallest absolute Gasteiger partial charge is 0.163 e. The zero-order valence-corrected chi connectivity index (χ0v) is 13.5. The maximum absolute atomic E-state index is 11.8. The summed E-state index contributed by atoms with van der Waals surface area (Å²) >= 11 is 0. The second kappa shape index (κ2) is 4.47. The Kier molecular flexibility index (Phi) is 3.32. The van der Waals surface area contributed by atoms with E-state index in [0.717, 1.165) is 16.5 Å². The highest BCUT2D eigenvalue weighted by molar-refractivity contribution is 6.06. The third-order valence-corrected chi connectivity index (χ3v) is 3.73. The van der Waals surface area contributed by atoms with Crippen molar-refractivity contribution < 1.29 is 9.21 Å². The molecular formula is C18H24O2. The maximum atomic E-state index is 11.8. The lowest BCUT2D eigenvalue weighted by Crippen LogP contribution is -2.16. The molecule has 0 unspecified atom stereocenters.